The molecule has 0 aliphatic rings. The van der Waals surface area contributed by atoms with Gasteiger partial charge in [0.05, 0.1) is 17.8 Å². The Morgan fingerprint density at radius 2 is 2.06 bits per heavy atom. The van der Waals surface area contributed by atoms with E-state index in [1.807, 2.05) is 6.92 Å². The Kier molecular flexibility index (Phi) is 8.10. The first-order valence-electron chi connectivity index (χ1n) is 5.56. The van der Waals surface area contributed by atoms with E-state index < -0.39 is 17.5 Å². The number of carboxylic acids is 1. The molecular weight excluding hydrogens is 293 g/mol. The largest absolute Gasteiger partial charge is 0.548 e. The molecule has 0 heterocycles. The summed E-state index contributed by atoms with van der Waals surface area (Å²) in [5.41, 5.74) is -2.01. The van der Waals surface area contributed by atoms with E-state index in [1.165, 1.54) is 11.4 Å². The number of carboxylic acid groups (broad SMARTS) is 1. The van der Waals surface area contributed by atoms with Gasteiger partial charge < -0.3 is 19.7 Å². The average molecular weight is 312 g/mol. The van der Waals surface area contributed by atoms with Crippen LogP contribution in [0.4, 0.5) is 0 Å². The van der Waals surface area contributed by atoms with Gasteiger partial charge >= 0.3 is 0 Å². The van der Waals surface area contributed by atoms with Crippen LogP contribution in [0.15, 0.2) is 0 Å². The van der Waals surface area contributed by atoms with Gasteiger partial charge in [-0.1, -0.05) is 37.0 Å². The normalized spacial score (nSPS) is 16.1. The van der Waals surface area contributed by atoms with Gasteiger partial charge in [-0.25, -0.2) is 0 Å². The Bertz CT molecular complexity index is 349. The molecule has 0 aromatic carbocycles. The molecule has 0 unspecified atom stereocenters. The van der Waals surface area contributed by atoms with E-state index in [1.54, 1.807) is 20.5 Å². The summed E-state index contributed by atoms with van der Waals surface area (Å²) >= 11 is 6.48. The lowest BCUT2D eigenvalue weighted by Gasteiger charge is -2.23. The van der Waals surface area contributed by atoms with Gasteiger partial charge in [0.15, 0.2) is 0 Å². The molecule has 5 nitrogen and oxygen atoms in total. The lowest BCUT2D eigenvalue weighted by atomic mass is 10.1. The van der Waals surface area contributed by atoms with Gasteiger partial charge in [-0.15, -0.1) is 0 Å². The molecule has 0 rings (SSSR count). The maximum Gasteiger partial charge on any atom is 0.230 e. The summed E-state index contributed by atoms with van der Waals surface area (Å²) in [6.45, 7) is 7.56. The fourth-order valence-electron chi connectivity index (χ4n) is 1.16. The molecule has 1 N–H and O–H groups in total. The predicted molar refractivity (Wildman–Crippen MR) is 76.1 cm³/mol. The highest BCUT2D eigenvalue weighted by Crippen LogP contribution is 2.56. The van der Waals surface area contributed by atoms with Gasteiger partial charge in [-0.3, -0.25) is 4.79 Å². The zero-order chi connectivity index (χ0) is 14.3. The van der Waals surface area contributed by atoms with E-state index in [9.17, 15) is 14.7 Å². The Hall–Kier alpha value is -0.100. The van der Waals surface area contributed by atoms with Crippen LogP contribution in [0, 0.1) is 5.92 Å². The summed E-state index contributed by atoms with van der Waals surface area (Å²) in [7, 11) is 0. The molecule has 0 radical (unpaired) electrons. The molecule has 0 aromatic heterocycles. The maximum atomic E-state index is 11.6. The van der Waals surface area contributed by atoms with Gasteiger partial charge in [-0.05, 0) is 19.5 Å². The first kappa shape index (κ1) is 17.9. The number of aliphatic carboxylic acids is 1. The molecule has 106 valence electrons. The minimum Gasteiger partial charge on any atom is -0.548 e. The highest BCUT2D eigenvalue weighted by atomic mass is 32.9. The number of carbonyl (C=O) groups excluding carboxylic acids is 2. The van der Waals surface area contributed by atoms with Gasteiger partial charge in [-0.2, -0.15) is 0 Å². The third-order valence-corrected chi connectivity index (χ3v) is 6.99. The molecule has 1 amide bonds. The molecule has 0 aliphatic carbocycles. The second-order valence-corrected chi connectivity index (χ2v) is 12.1. The monoisotopic (exact) mass is 312 g/mol. The third-order valence-electron chi connectivity index (χ3n) is 2.03. The van der Waals surface area contributed by atoms with E-state index in [0.29, 0.717) is 6.61 Å². The smallest absolute Gasteiger partial charge is 0.230 e. The van der Waals surface area contributed by atoms with E-state index in [0.717, 1.165) is 0 Å². The van der Waals surface area contributed by atoms with Crippen molar-refractivity contribution >= 4 is 40.5 Å². The standard InChI is InChI=1S/C10H20NO4PS2/c1-5-15-16(4,17)18-6-8(12)11-9(7(2)3)10(13)14/h7,9H,5-6H2,1-4H3,(H,11,12)(H,13,14)/p-1/t9-,16+/m1/s1. The Morgan fingerprint density at radius 1 is 1.50 bits per heavy atom. The molecule has 0 saturated heterocycles. The van der Waals surface area contributed by atoms with Crippen molar-refractivity contribution in [2.45, 2.75) is 26.8 Å². The van der Waals surface area contributed by atoms with Crippen molar-refractivity contribution in [3.05, 3.63) is 0 Å². The zero-order valence-corrected chi connectivity index (χ0v) is 13.5. The lowest BCUT2D eigenvalue weighted by Crippen LogP contribution is -2.51. The van der Waals surface area contributed by atoms with Crippen LogP contribution in [0.1, 0.15) is 20.8 Å². The zero-order valence-electron chi connectivity index (χ0n) is 11.0. The van der Waals surface area contributed by atoms with E-state index in [2.05, 4.69) is 5.32 Å². The van der Waals surface area contributed by atoms with Crippen molar-refractivity contribution in [2.75, 3.05) is 19.0 Å². The quantitative estimate of drug-likeness (QED) is 0.661. The molecule has 0 aromatic rings. The summed E-state index contributed by atoms with van der Waals surface area (Å²) in [5.74, 6) is -1.76. The van der Waals surface area contributed by atoms with Crippen molar-refractivity contribution in [1.29, 1.82) is 0 Å². The van der Waals surface area contributed by atoms with Crippen LogP contribution in [0.25, 0.3) is 0 Å². The molecule has 0 aliphatic heterocycles. The molecule has 0 saturated carbocycles. The third kappa shape index (κ3) is 7.36. The van der Waals surface area contributed by atoms with Crippen LogP contribution in [0.3, 0.4) is 0 Å². The average Bonchev–Trinajstić information content (AvgIpc) is 2.22. The molecule has 0 spiro atoms. The van der Waals surface area contributed by atoms with Crippen molar-refractivity contribution in [1.82, 2.24) is 5.32 Å². The van der Waals surface area contributed by atoms with E-state index >= 15 is 0 Å². The Balaban J connectivity index is 4.27. The van der Waals surface area contributed by atoms with Crippen LogP contribution in [0.5, 0.6) is 0 Å². The molecule has 18 heavy (non-hydrogen) atoms. The number of amides is 1. The van der Waals surface area contributed by atoms with E-state index in [4.69, 9.17) is 16.3 Å². The predicted octanol–water partition coefficient (Wildman–Crippen LogP) is 0.586. The Morgan fingerprint density at radius 3 is 2.44 bits per heavy atom. The molecule has 0 bridgehead atoms. The van der Waals surface area contributed by atoms with Crippen molar-refractivity contribution in [3.8, 4) is 0 Å². The van der Waals surface area contributed by atoms with Crippen LogP contribution < -0.4 is 10.4 Å². The first-order valence-corrected chi connectivity index (χ1v) is 10.3. The van der Waals surface area contributed by atoms with Crippen LogP contribution in [-0.2, 0) is 25.9 Å². The minimum atomic E-state index is -2.01. The first-order chi connectivity index (χ1) is 8.19. The van der Waals surface area contributed by atoms with Gasteiger partial charge in [0.25, 0.3) is 0 Å². The molecule has 2 atom stereocenters. The number of nitrogens with one attached hydrogen (secondary N) is 1. The lowest BCUT2D eigenvalue weighted by molar-refractivity contribution is -0.309. The molecule has 0 fully saturated rings. The second-order valence-electron chi connectivity index (χ2n) is 4.07. The highest BCUT2D eigenvalue weighted by molar-refractivity contribution is 8.69. The summed E-state index contributed by atoms with van der Waals surface area (Å²) in [6.07, 6.45) is 0. The number of hydrogen-bond donors (Lipinski definition) is 1. The van der Waals surface area contributed by atoms with Gasteiger partial charge in [0, 0.05) is 6.61 Å². The summed E-state index contributed by atoms with van der Waals surface area (Å²) in [6, 6.07) is -0.972. The summed E-state index contributed by atoms with van der Waals surface area (Å²) < 4.78 is 5.36. The number of rotatable bonds is 8. The van der Waals surface area contributed by atoms with Gasteiger partial charge in [0.1, 0.15) is 5.47 Å². The summed E-state index contributed by atoms with van der Waals surface area (Å²) in [5, 5.41) is 13.2. The topological polar surface area (TPSA) is 78.5 Å². The fourth-order valence-corrected chi connectivity index (χ4v) is 4.52. The molecule has 8 heteroatoms. The fraction of sp³-hybridized carbons (Fsp3) is 0.800. The highest BCUT2D eigenvalue weighted by Gasteiger charge is 2.19. The maximum absolute atomic E-state index is 11.6. The molecular formula is C10H19NO4PS2-. The van der Waals surface area contributed by atoms with Crippen LogP contribution >= 0.6 is 16.8 Å². The van der Waals surface area contributed by atoms with Gasteiger partial charge in [0.2, 0.25) is 5.91 Å². The summed E-state index contributed by atoms with van der Waals surface area (Å²) in [4.78, 5) is 22.4. The van der Waals surface area contributed by atoms with Crippen molar-refractivity contribution in [2.24, 2.45) is 5.92 Å². The minimum absolute atomic E-state index is 0.101. The van der Waals surface area contributed by atoms with Crippen molar-refractivity contribution < 1.29 is 19.2 Å². The van der Waals surface area contributed by atoms with Crippen molar-refractivity contribution in [3.63, 3.8) is 0 Å². The van der Waals surface area contributed by atoms with E-state index in [-0.39, 0.29) is 17.6 Å². The van der Waals surface area contributed by atoms with Crippen LogP contribution in [-0.4, -0.2) is 36.9 Å². The van der Waals surface area contributed by atoms with Crippen LogP contribution in [0.2, 0.25) is 0 Å². The SMILES string of the molecule is CCO[P@@](C)(=S)SCC(=O)N[C@@H](C(=O)[O-])C(C)C. The number of carbonyl (C=O) groups is 2. The Labute approximate surface area is 117 Å². The second kappa shape index (κ2) is 8.15. The number of hydrogen-bond acceptors (Lipinski definition) is 6.